The minimum absolute atomic E-state index is 0.413. The van der Waals surface area contributed by atoms with E-state index in [-0.39, 0.29) is 0 Å². The van der Waals surface area contributed by atoms with Gasteiger partial charge in [-0.2, -0.15) is 5.10 Å². The fraction of sp³-hybridized carbons (Fsp3) is 0. The number of thiazole rings is 1. The Morgan fingerprint density at radius 3 is 2.50 bits per heavy atom. The van der Waals surface area contributed by atoms with E-state index in [1.54, 1.807) is 36.5 Å². The van der Waals surface area contributed by atoms with Crippen LogP contribution < -0.4 is 10.2 Å². The summed E-state index contributed by atoms with van der Waals surface area (Å²) in [5, 5.41) is 6.93. The molecule has 0 aliphatic carbocycles. The first-order valence-electron chi connectivity index (χ1n) is 9.06. The Kier molecular flexibility index (Phi) is 6.32. The average molecular weight is 478 g/mol. The molecule has 5 nitrogen and oxygen atoms in total. The second kappa shape index (κ2) is 9.47. The Hall–Kier alpha value is -3.29. The fourth-order valence-corrected chi connectivity index (χ4v) is 3.75. The number of nitrogens with zero attached hydrogens (tertiary/aromatic N) is 2. The van der Waals surface area contributed by atoms with Crippen molar-refractivity contribution in [3.8, 4) is 17.0 Å². The van der Waals surface area contributed by atoms with Gasteiger partial charge in [0, 0.05) is 15.4 Å². The lowest BCUT2D eigenvalue weighted by atomic mass is 10.2. The minimum Gasteiger partial charge on any atom is -0.423 e. The normalized spacial score (nSPS) is 10.8. The number of halogens is 1. The number of carbonyl (C=O) groups is 1. The second-order valence-corrected chi connectivity index (χ2v) is 7.92. The van der Waals surface area contributed by atoms with Crippen LogP contribution in [-0.2, 0) is 0 Å². The molecule has 0 saturated heterocycles. The van der Waals surface area contributed by atoms with Gasteiger partial charge in [0.25, 0.3) is 0 Å². The Bertz CT molecular complexity index is 1170. The Morgan fingerprint density at radius 1 is 1.00 bits per heavy atom. The van der Waals surface area contributed by atoms with Crippen molar-refractivity contribution in [2.45, 2.75) is 0 Å². The molecule has 0 amide bonds. The number of benzene rings is 3. The van der Waals surface area contributed by atoms with E-state index in [0.29, 0.717) is 20.9 Å². The highest BCUT2D eigenvalue weighted by molar-refractivity contribution is 9.10. The molecule has 3 aromatic carbocycles. The van der Waals surface area contributed by atoms with Gasteiger partial charge >= 0.3 is 5.97 Å². The molecular formula is C23H16BrN3O2S. The van der Waals surface area contributed by atoms with Crippen LogP contribution in [-0.4, -0.2) is 17.2 Å². The summed E-state index contributed by atoms with van der Waals surface area (Å²) in [5.41, 5.74) is 6.27. The third-order valence-electron chi connectivity index (χ3n) is 4.13. The van der Waals surface area contributed by atoms with Crippen LogP contribution in [0.3, 0.4) is 0 Å². The van der Waals surface area contributed by atoms with Gasteiger partial charge in [-0.05, 0) is 57.9 Å². The van der Waals surface area contributed by atoms with Crippen molar-refractivity contribution < 1.29 is 9.53 Å². The van der Waals surface area contributed by atoms with Gasteiger partial charge in [0.15, 0.2) is 0 Å². The van der Waals surface area contributed by atoms with Crippen LogP contribution in [0.5, 0.6) is 5.75 Å². The number of hydrazone groups is 1. The lowest BCUT2D eigenvalue weighted by Gasteiger charge is -2.06. The predicted octanol–water partition coefficient (Wildman–Crippen LogP) is 6.24. The van der Waals surface area contributed by atoms with E-state index in [1.807, 2.05) is 53.9 Å². The van der Waals surface area contributed by atoms with Crippen molar-refractivity contribution in [3.05, 3.63) is 99.8 Å². The van der Waals surface area contributed by atoms with Crippen molar-refractivity contribution in [1.29, 1.82) is 0 Å². The zero-order chi connectivity index (χ0) is 20.8. The SMILES string of the molecule is O=C(Oc1ccc(/C=N/Nc2nc(-c3ccccc3)cs2)cc1)c1ccccc1Br. The first-order valence-corrected chi connectivity index (χ1v) is 10.7. The smallest absolute Gasteiger partial charge is 0.344 e. The largest absolute Gasteiger partial charge is 0.423 e. The van der Waals surface area contributed by atoms with Gasteiger partial charge in [0.2, 0.25) is 5.13 Å². The van der Waals surface area contributed by atoms with E-state index < -0.39 is 5.97 Å². The zero-order valence-corrected chi connectivity index (χ0v) is 18.1. The maximum absolute atomic E-state index is 12.3. The molecule has 1 heterocycles. The Morgan fingerprint density at radius 2 is 1.73 bits per heavy atom. The molecule has 148 valence electrons. The summed E-state index contributed by atoms with van der Waals surface area (Å²) < 4.78 is 6.11. The van der Waals surface area contributed by atoms with Crippen LogP contribution in [0, 0.1) is 0 Å². The van der Waals surface area contributed by atoms with Crippen LogP contribution in [0.25, 0.3) is 11.3 Å². The Balaban J connectivity index is 1.35. The topological polar surface area (TPSA) is 63.6 Å². The first-order chi connectivity index (χ1) is 14.7. The molecule has 0 fully saturated rings. The Labute approximate surface area is 186 Å². The standard InChI is InChI=1S/C23H16BrN3O2S/c24-20-9-5-4-8-19(20)22(28)29-18-12-10-16(11-13-18)14-25-27-23-26-21(15-30-23)17-6-2-1-3-7-17/h1-15H,(H,26,27)/b25-14+. The number of anilines is 1. The lowest BCUT2D eigenvalue weighted by molar-refractivity contribution is 0.0734. The van der Waals surface area contributed by atoms with Crippen LogP contribution in [0.1, 0.15) is 15.9 Å². The van der Waals surface area contributed by atoms with E-state index >= 15 is 0 Å². The van der Waals surface area contributed by atoms with Crippen molar-refractivity contribution in [2.75, 3.05) is 5.43 Å². The fourth-order valence-electron chi connectivity index (χ4n) is 2.64. The summed E-state index contributed by atoms with van der Waals surface area (Å²) in [6, 6.07) is 24.2. The quantitative estimate of drug-likeness (QED) is 0.154. The molecule has 1 aromatic heterocycles. The molecule has 0 unspecified atom stereocenters. The monoisotopic (exact) mass is 477 g/mol. The maximum Gasteiger partial charge on any atom is 0.344 e. The predicted molar refractivity (Wildman–Crippen MR) is 124 cm³/mol. The number of esters is 1. The van der Waals surface area contributed by atoms with Gasteiger partial charge in [-0.25, -0.2) is 9.78 Å². The third-order valence-corrected chi connectivity index (χ3v) is 5.57. The molecule has 0 radical (unpaired) electrons. The van der Waals surface area contributed by atoms with Crippen LogP contribution in [0.2, 0.25) is 0 Å². The number of hydrogen-bond donors (Lipinski definition) is 1. The third kappa shape index (κ3) is 5.00. The number of aromatic nitrogens is 1. The molecule has 7 heteroatoms. The average Bonchev–Trinajstić information content (AvgIpc) is 3.25. The maximum atomic E-state index is 12.3. The lowest BCUT2D eigenvalue weighted by Crippen LogP contribution is -2.09. The number of ether oxygens (including phenoxy) is 1. The van der Waals surface area contributed by atoms with Crippen molar-refractivity contribution in [2.24, 2.45) is 5.10 Å². The van der Waals surface area contributed by atoms with Gasteiger partial charge in [0.05, 0.1) is 17.5 Å². The molecule has 0 bridgehead atoms. The summed E-state index contributed by atoms with van der Waals surface area (Å²) in [6.07, 6.45) is 1.68. The van der Waals surface area contributed by atoms with E-state index in [1.165, 1.54) is 11.3 Å². The van der Waals surface area contributed by atoms with Gasteiger partial charge in [-0.3, -0.25) is 5.43 Å². The molecule has 0 atom stereocenters. The molecule has 4 rings (SSSR count). The molecule has 4 aromatic rings. The molecule has 30 heavy (non-hydrogen) atoms. The summed E-state index contributed by atoms with van der Waals surface area (Å²) >= 11 is 4.85. The number of rotatable bonds is 6. The number of nitrogens with one attached hydrogen (secondary N) is 1. The highest BCUT2D eigenvalue weighted by Gasteiger charge is 2.11. The number of carbonyl (C=O) groups excluding carboxylic acids is 1. The summed E-state index contributed by atoms with van der Waals surface area (Å²) in [7, 11) is 0. The van der Waals surface area contributed by atoms with E-state index in [9.17, 15) is 4.79 Å². The van der Waals surface area contributed by atoms with Gasteiger partial charge in [-0.1, -0.05) is 42.5 Å². The summed E-state index contributed by atoms with van der Waals surface area (Å²) in [4.78, 5) is 16.8. The van der Waals surface area contributed by atoms with Gasteiger partial charge in [0.1, 0.15) is 5.75 Å². The van der Waals surface area contributed by atoms with E-state index in [4.69, 9.17) is 4.74 Å². The second-order valence-electron chi connectivity index (χ2n) is 6.21. The zero-order valence-electron chi connectivity index (χ0n) is 15.7. The van der Waals surface area contributed by atoms with Crippen LogP contribution in [0.15, 0.2) is 93.8 Å². The molecule has 0 saturated carbocycles. The van der Waals surface area contributed by atoms with Crippen molar-refractivity contribution >= 4 is 44.6 Å². The van der Waals surface area contributed by atoms with E-state index in [2.05, 4.69) is 31.4 Å². The molecule has 0 spiro atoms. The van der Waals surface area contributed by atoms with Crippen LogP contribution >= 0.6 is 27.3 Å². The molecule has 0 aliphatic rings. The first kappa shape index (κ1) is 20.0. The molecule has 0 aliphatic heterocycles. The van der Waals surface area contributed by atoms with Gasteiger partial charge < -0.3 is 4.74 Å². The highest BCUT2D eigenvalue weighted by Crippen LogP contribution is 2.24. The van der Waals surface area contributed by atoms with Crippen molar-refractivity contribution in [1.82, 2.24) is 4.98 Å². The highest BCUT2D eigenvalue weighted by atomic mass is 79.9. The van der Waals surface area contributed by atoms with E-state index in [0.717, 1.165) is 16.8 Å². The molecule has 1 N–H and O–H groups in total. The minimum atomic E-state index is -0.413. The number of hydrogen-bond acceptors (Lipinski definition) is 6. The van der Waals surface area contributed by atoms with Gasteiger partial charge in [-0.15, -0.1) is 11.3 Å². The summed E-state index contributed by atoms with van der Waals surface area (Å²) in [5.74, 6) is 0.0526. The van der Waals surface area contributed by atoms with Crippen LogP contribution in [0.4, 0.5) is 5.13 Å². The van der Waals surface area contributed by atoms with Crippen molar-refractivity contribution in [3.63, 3.8) is 0 Å². The molecular weight excluding hydrogens is 462 g/mol. The summed E-state index contributed by atoms with van der Waals surface area (Å²) in [6.45, 7) is 0.